The molecule has 1 aliphatic heterocycles. The standard InChI is InChI=1S/C21H25ClN2O2/c1-21(2)20(26)23(24(21)19(25)14-4-3-5-17(22)11-14)18-15-7-12-6-13(9-15)10-16(18)8-12/h3-5,11-13,15-16,18H,6-10H2,1-2H3. The first kappa shape index (κ1) is 16.6. The van der Waals surface area contributed by atoms with Gasteiger partial charge in [-0.15, -0.1) is 0 Å². The van der Waals surface area contributed by atoms with Crippen LogP contribution in [0.4, 0.5) is 0 Å². The summed E-state index contributed by atoms with van der Waals surface area (Å²) in [5, 5.41) is 4.09. The van der Waals surface area contributed by atoms with Gasteiger partial charge < -0.3 is 0 Å². The number of hydrogen-bond donors (Lipinski definition) is 0. The van der Waals surface area contributed by atoms with E-state index in [1.54, 1.807) is 29.3 Å². The third kappa shape index (κ3) is 2.20. The number of benzene rings is 1. The number of halogens is 1. The van der Waals surface area contributed by atoms with Gasteiger partial charge in [0.1, 0.15) is 5.54 Å². The van der Waals surface area contributed by atoms with E-state index in [-0.39, 0.29) is 17.9 Å². The average Bonchev–Trinajstić information content (AvgIpc) is 2.59. The number of amides is 2. The van der Waals surface area contributed by atoms with E-state index in [0.717, 1.165) is 11.8 Å². The molecular formula is C21H25ClN2O2. The van der Waals surface area contributed by atoms with Gasteiger partial charge in [-0.25, -0.2) is 10.0 Å². The molecule has 4 saturated carbocycles. The van der Waals surface area contributed by atoms with Crippen LogP contribution < -0.4 is 0 Å². The highest BCUT2D eigenvalue weighted by Crippen LogP contribution is 2.57. The molecule has 6 rings (SSSR count). The Labute approximate surface area is 159 Å². The van der Waals surface area contributed by atoms with Gasteiger partial charge in [-0.1, -0.05) is 17.7 Å². The van der Waals surface area contributed by atoms with Crippen LogP contribution in [0.3, 0.4) is 0 Å². The smallest absolute Gasteiger partial charge is 0.270 e. The molecule has 4 aliphatic carbocycles. The molecule has 1 aromatic carbocycles. The highest BCUT2D eigenvalue weighted by atomic mass is 35.5. The molecule has 0 aromatic heterocycles. The van der Waals surface area contributed by atoms with Gasteiger partial charge in [0.25, 0.3) is 11.8 Å². The molecular weight excluding hydrogens is 348 g/mol. The van der Waals surface area contributed by atoms with Crippen molar-refractivity contribution >= 4 is 23.4 Å². The fraction of sp³-hybridized carbons (Fsp3) is 0.619. The maximum Gasteiger partial charge on any atom is 0.273 e. The molecule has 26 heavy (non-hydrogen) atoms. The lowest BCUT2D eigenvalue weighted by molar-refractivity contribution is -0.230. The van der Waals surface area contributed by atoms with E-state index < -0.39 is 5.54 Å². The van der Waals surface area contributed by atoms with Crippen molar-refractivity contribution in [1.82, 2.24) is 10.0 Å². The predicted molar refractivity (Wildman–Crippen MR) is 99.4 cm³/mol. The fourth-order valence-electron chi connectivity index (χ4n) is 6.35. The van der Waals surface area contributed by atoms with Crippen molar-refractivity contribution < 1.29 is 9.59 Å². The van der Waals surface area contributed by atoms with Crippen molar-refractivity contribution in [3.8, 4) is 0 Å². The normalized spacial score (nSPS) is 37.0. The Morgan fingerprint density at radius 1 is 1.08 bits per heavy atom. The van der Waals surface area contributed by atoms with Crippen molar-refractivity contribution in [2.24, 2.45) is 23.7 Å². The van der Waals surface area contributed by atoms with E-state index in [9.17, 15) is 9.59 Å². The van der Waals surface area contributed by atoms with Crippen LogP contribution in [0.15, 0.2) is 24.3 Å². The van der Waals surface area contributed by atoms with Gasteiger partial charge in [-0.05, 0) is 87.8 Å². The fourth-order valence-corrected chi connectivity index (χ4v) is 6.54. The molecule has 0 radical (unpaired) electrons. The first-order chi connectivity index (χ1) is 12.4. The minimum Gasteiger partial charge on any atom is -0.270 e. The highest BCUT2D eigenvalue weighted by molar-refractivity contribution is 6.31. The molecule has 2 amide bonds. The molecule has 4 bridgehead atoms. The zero-order valence-corrected chi connectivity index (χ0v) is 16.1. The Morgan fingerprint density at radius 2 is 1.69 bits per heavy atom. The second-order valence-electron chi connectivity index (χ2n) is 9.26. The molecule has 0 atom stereocenters. The Morgan fingerprint density at radius 3 is 2.27 bits per heavy atom. The van der Waals surface area contributed by atoms with Crippen LogP contribution >= 0.6 is 11.6 Å². The van der Waals surface area contributed by atoms with Crippen LogP contribution in [0.25, 0.3) is 0 Å². The van der Waals surface area contributed by atoms with Gasteiger partial charge in [0.15, 0.2) is 0 Å². The second-order valence-corrected chi connectivity index (χ2v) is 9.69. The minimum absolute atomic E-state index is 0.0883. The number of nitrogens with zero attached hydrogens (tertiary/aromatic N) is 2. The Hall–Kier alpha value is -1.55. The highest BCUT2D eigenvalue weighted by Gasteiger charge is 2.62. The van der Waals surface area contributed by atoms with Gasteiger partial charge in [0, 0.05) is 10.6 Å². The van der Waals surface area contributed by atoms with E-state index >= 15 is 0 Å². The molecule has 4 nitrogen and oxygen atoms in total. The molecule has 1 aromatic rings. The summed E-state index contributed by atoms with van der Waals surface area (Å²) in [4.78, 5) is 26.3. The van der Waals surface area contributed by atoms with Crippen molar-refractivity contribution in [2.45, 2.75) is 57.5 Å². The summed E-state index contributed by atoms with van der Waals surface area (Å²) in [6.07, 6.45) is 6.27. The summed E-state index contributed by atoms with van der Waals surface area (Å²) in [6, 6.07) is 7.23. The van der Waals surface area contributed by atoms with Gasteiger partial charge in [-0.2, -0.15) is 0 Å². The summed E-state index contributed by atoms with van der Waals surface area (Å²) in [5.74, 6) is 2.77. The first-order valence-electron chi connectivity index (χ1n) is 9.80. The quantitative estimate of drug-likeness (QED) is 0.782. The molecule has 138 valence electrons. The Balaban J connectivity index is 1.48. The summed E-state index contributed by atoms with van der Waals surface area (Å²) in [6.45, 7) is 3.70. The molecule has 0 unspecified atom stereocenters. The van der Waals surface area contributed by atoms with E-state index in [1.807, 2.05) is 18.9 Å². The number of hydrazine groups is 1. The first-order valence-corrected chi connectivity index (χ1v) is 10.2. The van der Waals surface area contributed by atoms with Gasteiger partial charge >= 0.3 is 0 Å². The average molecular weight is 373 g/mol. The molecule has 5 fully saturated rings. The molecule has 0 N–H and O–H groups in total. The van der Waals surface area contributed by atoms with Crippen LogP contribution in [-0.2, 0) is 4.79 Å². The van der Waals surface area contributed by atoms with E-state index in [1.165, 1.54) is 32.1 Å². The maximum absolute atomic E-state index is 13.3. The molecule has 1 saturated heterocycles. The zero-order chi connectivity index (χ0) is 18.2. The second kappa shape index (κ2) is 5.48. The van der Waals surface area contributed by atoms with Crippen LogP contribution in [0.1, 0.15) is 56.3 Å². The number of hydrogen-bond acceptors (Lipinski definition) is 2. The van der Waals surface area contributed by atoms with Crippen molar-refractivity contribution in [3.63, 3.8) is 0 Å². The largest absolute Gasteiger partial charge is 0.273 e. The summed E-state index contributed by atoms with van der Waals surface area (Å²) < 4.78 is 0. The Kier molecular flexibility index (Phi) is 3.50. The SMILES string of the molecule is CC1(C)C(=O)N(C2C3CC4CC(C3)CC2C4)N1C(=O)c1cccc(Cl)c1. The van der Waals surface area contributed by atoms with Crippen molar-refractivity contribution in [1.29, 1.82) is 0 Å². The maximum atomic E-state index is 13.3. The van der Waals surface area contributed by atoms with Gasteiger partial charge in [0.05, 0.1) is 6.04 Å². The lowest BCUT2D eigenvalue weighted by Gasteiger charge is -2.65. The Bertz CT molecular complexity index is 762. The van der Waals surface area contributed by atoms with Crippen LogP contribution in [0.2, 0.25) is 5.02 Å². The third-order valence-corrected chi connectivity index (χ3v) is 7.43. The van der Waals surface area contributed by atoms with Crippen LogP contribution in [0, 0.1) is 23.7 Å². The van der Waals surface area contributed by atoms with Gasteiger partial charge in [-0.3, -0.25) is 9.59 Å². The number of carbonyl (C=O) groups is 2. The monoisotopic (exact) mass is 372 g/mol. The summed E-state index contributed by atoms with van der Waals surface area (Å²) in [5.41, 5.74) is -0.236. The van der Waals surface area contributed by atoms with Crippen molar-refractivity contribution in [3.05, 3.63) is 34.9 Å². The molecule has 5 heteroatoms. The summed E-state index contributed by atoms with van der Waals surface area (Å²) >= 11 is 6.09. The molecule has 1 heterocycles. The van der Waals surface area contributed by atoms with E-state index in [0.29, 0.717) is 22.4 Å². The lowest BCUT2D eigenvalue weighted by atomic mass is 9.53. The minimum atomic E-state index is -0.784. The zero-order valence-electron chi connectivity index (χ0n) is 15.3. The number of rotatable bonds is 2. The van der Waals surface area contributed by atoms with Gasteiger partial charge in [0.2, 0.25) is 0 Å². The van der Waals surface area contributed by atoms with Crippen LogP contribution in [-0.4, -0.2) is 33.4 Å². The predicted octanol–water partition coefficient (Wildman–Crippen LogP) is 4.14. The van der Waals surface area contributed by atoms with Crippen molar-refractivity contribution in [2.75, 3.05) is 0 Å². The van der Waals surface area contributed by atoms with E-state index in [2.05, 4.69) is 0 Å². The topological polar surface area (TPSA) is 40.6 Å². The summed E-state index contributed by atoms with van der Waals surface area (Å²) in [7, 11) is 0. The third-order valence-electron chi connectivity index (χ3n) is 7.20. The molecule has 0 spiro atoms. The number of carbonyl (C=O) groups excluding carboxylic acids is 2. The van der Waals surface area contributed by atoms with E-state index in [4.69, 9.17) is 11.6 Å². The lowest BCUT2D eigenvalue weighted by Crippen LogP contribution is -2.80. The van der Waals surface area contributed by atoms with Crippen LogP contribution in [0.5, 0.6) is 0 Å². The molecule has 5 aliphatic rings.